The van der Waals surface area contributed by atoms with Gasteiger partial charge in [0.25, 0.3) is 0 Å². The average Bonchev–Trinajstić information content (AvgIpc) is 2.28. The second kappa shape index (κ2) is 5.60. The van der Waals surface area contributed by atoms with Gasteiger partial charge in [-0.2, -0.15) is 5.26 Å². The Labute approximate surface area is 107 Å². The summed E-state index contributed by atoms with van der Waals surface area (Å²) in [6, 6.07) is 6.61. The maximum atomic E-state index is 11.4. The fraction of sp³-hybridized carbons (Fsp3) is 0.250. The van der Waals surface area contributed by atoms with Gasteiger partial charge in [0, 0.05) is 0 Å². The van der Waals surface area contributed by atoms with Crippen LogP contribution in [0.3, 0.4) is 0 Å². The van der Waals surface area contributed by atoms with E-state index >= 15 is 0 Å². The molecule has 0 bridgehead atoms. The predicted molar refractivity (Wildman–Crippen MR) is 65.1 cm³/mol. The molecule has 0 heterocycles. The second-order valence-corrected chi connectivity index (χ2v) is 4.41. The summed E-state index contributed by atoms with van der Waals surface area (Å²) >= 11 is 3.17. The number of rotatable bonds is 4. The molecule has 0 spiro atoms. The fourth-order valence-corrected chi connectivity index (χ4v) is 2.08. The molecule has 1 aromatic carbocycles. The number of benzene rings is 1. The smallest absolute Gasteiger partial charge is 0.336 e. The van der Waals surface area contributed by atoms with Gasteiger partial charge in [-0.25, -0.2) is 4.79 Å². The molecule has 1 N–H and O–H groups in total. The van der Waals surface area contributed by atoms with E-state index < -0.39 is 10.8 Å². The number of ketones is 1. The zero-order chi connectivity index (χ0) is 13.0. The van der Waals surface area contributed by atoms with Crippen molar-refractivity contribution in [3.05, 3.63) is 34.9 Å². The maximum absolute atomic E-state index is 11.4. The van der Waals surface area contributed by atoms with Gasteiger partial charge in [-0.3, -0.25) is 4.79 Å². The molecule has 1 rings (SSSR count). The number of nitrogens with zero attached hydrogens (tertiary/aromatic N) is 1. The number of aromatic carboxylic acids is 1. The largest absolute Gasteiger partial charge is 0.478 e. The van der Waals surface area contributed by atoms with Crippen LogP contribution in [0.4, 0.5) is 0 Å². The minimum absolute atomic E-state index is 0.0508. The third-order valence-corrected chi connectivity index (χ3v) is 3.41. The number of carboxylic acid groups (broad SMARTS) is 1. The topological polar surface area (TPSA) is 78.2 Å². The first kappa shape index (κ1) is 13.4. The van der Waals surface area contributed by atoms with Gasteiger partial charge in [0.05, 0.1) is 22.9 Å². The summed E-state index contributed by atoms with van der Waals surface area (Å²) in [7, 11) is 0. The van der Waals surface area contributed by atoms with Crippen LogP contribution in [0.25, 0.3) is 0 Å². The van der Waals surface area contributed by atoms with E-state index in [0.717, 1.165) is 0 Å². The van der Waals surface area contributed by atoms with E-state index in [1.165, 1.54) is 13.0 Å². The molecular formula is C12H10BrNO3. The van der Waals surface area contributed by atoms with Crippen molar-refractivity contribution in [3.8, 4) is 6.07 Å². The first-order chi connectivity index (χ1) is 7.99. The number of Topliss-reactive ketones (excluding diaryl/α,β-unsaturated/α-hetero) is 1. The molecule has 0 fully saturated rings. The van der Waals surface area contributed by atoms with Crippen LogP contribution in [0.2, 0.25) is 0 Å². The molecule has 0 saturated carbocycles. The maximum Gasteiger partial charge on any atom is 0.336 e. The van der Waals surface area contributed by atoms with E-state index in [1.54, 1.807) is 12.1 Å². The van der Waals surface area contributed by atoms with E-state index in [1.807, 2.05) is 6.07 Å². The molecule has 1 atom stereocenters. The summed E-state index contributed by atoms with van der Waals surface area (Å²) in [6.45, 7) is 1.37. The molecule has 5 heteroatoms. The van der Waals surface area contributed by atoms with Gasteiger partial charge in [0.1, 0.15) is 5.78 Å². The highest BCUT2D eigenvalue weighted by Gasteiger charge is 2.23. The molecule has 0 amide bonds. The van der Waals surface area contributed by atoms with Crippen molar-refractivity contribution in [1.29, 1.82) is 5.26 Å². The molecule has 0 aliphatic carbocycles. The van der Waals surface area contributed by atoms with Gasteiger partial charge in [-0.1, -0.05) is 28.1 Å². The quantitative estimate of drug-likeness (QED) is 0.866. The minimum Gasteiger partial charge on any atom is -0.478 e. The number of nitriles is 1. The van der Waals surface area contributed by atoms with Gasteiger partial charge in [0.2, 0.25) is 0 Å². The lowest BCUT2D eigenvalue weighted by Crippen LogP contribution is -2.11. The number of carbonyl (C=O) groups excluding carboxylic acids is 1. The van der Waals surface area contributed by atoms with Crippen LogP contribution >= 0.6 is 15.9 Å². The number of hydrogen-bond acceptors (Lipinski definition) is 3. The monoisotopic (exact) mass is 295 g/mol. The molecule has 17 heavy (non-hydrogen) atoms. The van der Waals surface area contributed by atoms with Crippen LogP contribution < -0.4 is 0 Å². The minimum atomic E-state index is -1.11. The number of halogens is 1. The molecule has 0 radical (unpaired) electrons. The van der Waals surface area contributed by atoms with Crippen LogP contribution in [0.15, 0.2) is 18.2 Å². The molecule has 4 nitrogen and oxygen atoms in total. The summed E-state index contributed by atoms with van der Waals surface area (Å²) in [5, 5.41) is 17.8. The second-order valence-electron chi connectivity index (χ2n) is 3.49. The van der Waals surface area contributed by atoms with E-state index in [9.17, 15) is 9.59 Å². The summed E-state index contributed by atoms with van der Waals surface area (Å²) in [5.41, 5.74) is 0.980. The summed E-state index contributed by atoms with van der Waals surface area (Å²) < 4.78 is 0. The van der Waals surface area contributed by atoms with Crippen LogP contribution in [0, 0.1) is 11.3 Å². The molecular weight excluding hydrogens is 286 g/mol. The summed E-state index contributed by atoms with van der Waals surface area (Å²) in [5.74, 6) is -1.30. The first-order valence-corrected chi connectivity index (χ1v) is 5.77. The van der Waals surface area contributed by atoms with Gasteiger partial charge in [0.15, 0.2) is 0 Å². The summed E-state index contributed by atoms with van der Waals surface area (Å²) in [6.07, 6.45) is 0.0752. The van der Waals surface area contributed by atoms with Gasteiger partial charge >= 0.3 is 5.97 Å². The molecule has 1 unspecified atom stereocenters. The van der Waals surface area contributed by atoms with Crippen molar-refractivity contribution < 1.29 is 14.7 Å². The molecule has 0 aliphatic heterocycles. The SMILES string of the molecule is CC(=O)C(Br)c1c(CC#N)cccc1C(=O)O. The van der Waals surface area contributed by atoms with E-state index in [0.29, 0.717) is 11.1 Å². The highest BCUT2D eigenvalue weighted by atomic mass is 79.9. The van der Waals surface area contributed by atoms with Gasteiger partial charge < -0.3 is 5.11 Å². The van der Waals surface area contributed by atoms with Crippen molar-refractivity contribution in [2.75, 3.05) is 0 Å². The zero-order valence-electron chi connectivity index (χ0n) is 9.11. The number of hydrogen-bond donors (Lipinski definition) is 1. The highest BCUT2D eigenvalue weighted by molar-refractivity contribution is 9.09. The van der Waals surface area contributed by atoms with E-state index in [4.69, 9.17) is 10.4 Å². The van der Waals surface area contributed by atoms with Crippen molar-refractivity contribution in [2.45, 2.75) is 18.2 Å². The Balaban J connectivity index is 3.44. The van der Waals surface area contributed by atoms with Crippen LogP contribution in [0.1, 0.15) is 33.2 Å². The Morgan fingerprint density at radius 3 is 2.65 bits per heavy atom. The van der Waals surface area contributed by atoms with Crippen molar-refractivity contribution >= 4 is 27.7 Å². The van der Waals surface area contributed by atoms with Gasteiger partial charge in [-0.05, 0) is 24.1 Å². The fourth-order valence-electron chi connectivity index (χ4n) is 1.54. The highest BCUT2D eigenvalue weighted by Crippen LogP contribution is 2.30. The molecule has 1 aromatic rings. The molecule has 0 aromatic heterocycles. The lowest BCUT2D eigenvalue weighted by molar-refractivity contribution is -0.116. The molecule has 0 aliphatic rings. The predicted octanol–water partition coefficient (Wildman–Crippen LogP) is 2.48. The lowest BCUT2D eigenvalue weighted by atomic mass is 9.95. The van der Waals surface area contributed by atoms with E-state index in [-0.39, 0.29) is 17.8 Å². The first-order valence-electron chi connectivity index (χ1n) is 4.85. The van der Waals surface area contributed by atoms with Crippen LogP contribution in [0.5, 0.6) is 0 Å². The van der Waals surface area contributed by atoms with E-state index in [2.05, 4.69) is 15.9 Å². The Morgan fingerprint density at radius 2 is 2.18 bits per heavy atom. The number of carbonyl (C=O) groups is 2. The third kappa shape index (κ3) is 2.92. The molecule has 0 saturated heterocycles. The number of alkyl halides is 1. The average molecular weight is 296 g/mol. The van der Waals surface area contributed by atoms with Crippen molar-refractivity contribution in [1.82, 2.24) is 0 Å². The number of carboxylic acids is 1. The van der Waals surface area contributed by atoms with Crippen molar-refractivity contribution in [3.63, 3.8) is 0 Å². The van der Waals surface area contributed by atoms with Crippen LogP contribution in [-0.4, -0.2) is 16.9 Å². The summed E-state index contributed by atoms with van der Waals surface area (Å²) in [4.78, 5) is 21.7. The Bertz CT molecular complexity index is 505. The third-order valence-electron chi connectivity index (χ3n) is 2.31. The zero-order valence-corrected chi connectivity index (χ0v) is 10.7. The van der Waals surface area contributed by atoms with Crippen LogP contribution in [-0.2, 0) is 11.2 Å². The molecule has 88 valence electrons. The standard InChI is InChI=1S/C12H10BrNO3/c1-7(15)11(13)10-8(5-6-14)3-2-4-9(10)12(16)17/h2-4,11H,5H2,1H3,(H,16,17). The Morgan fingerprint density at radius 1 is 1.53 bits per heavy atom. The lowest BCUT2D eigenvalue weighted by Gasteiger charge is -2.14. The van der Waals surface area contributed by atoms with Crippen molar-refractivity contribution in [2.24, 2.45) is 0 Å². The Hall–Kier alpha value is -1.67. The van der Waals surface area contributed by atoms with Gasteiger partial charge in [-0.15, -0.1) is 0 Å². The Kier molecular flexibility index (Phi) is 4.41. The normalized spacial score (nSPS) is 11.6.